The Hall–Kier alpha value is -6.28. The van der Waals surface area contributed by atoms with Crippen LogP contribution >= 0.6 is 0 Å². The van der Waals surface area contributed by atoms with Crippen LogP contribution in [0.4, 0.5) is 11.9 Å². The number of nitrogens with one attached hydrogen (secondary N) is 2. The van der Waals surface area contributed by atoms with Crippen molar-refractivity contribution in [3.63, 3.8) is 0 Å². The Labute approximate surface area is 285 Å². The van der Waals surface area contributed by atoms with Crippen LogP contribution in [0.3, 0.4) is 0 Å². The molecule has 0 aliphatic rings. The maximum Gasteiger partial charge on any atom is 0.225 e. The third-order valence-corrected chi connectivity index (χ3v) is 8.62. The minimum atomic E-state index is 0.688. The molecular weight excluding hydrogens is 605 g/mol. The van der Waals surface area contributed by atoms with Crippen LogP contribution < -0.4 is 10.6 Å². The van der Waals surface area contributed by atoms with Gasteiger partial charge in [0.2, 0.25) is 11.9 Å². The molecule has 0 radical (unpaired) electrons. The van der Waals surface area contributed by atoms with Crippen molar-refractivity contribution in [3.8, 4) is 44.8 Å². The molecule has 0 aliphatic heterocycles. The maximum atomic E-state index is 5.11. The summed E-state index contributed by atoms with van der Waals surface area (Å²) in [6, 6.07) is 45.8. The lowest BCUT2D eigenvalue weighted by atomic mass is 10.0. The van der Waals surface area contributed by atoms with E-state index in [4.69, 9.17) is 20.2 Å². The zero-order valence-electron chi connectivity index (χ0n) is 27.5. The molecule has 4 aromatic heterocycles. The van der Waals surface area contributed by atoms with E-state index in [1.54, 1.807) is 0 Å². The van der Waals surface area contributed by atoms with E-state index in [0.29, 0.717) is 13.1 Å². The minimum absolute atomic E-state index is 0.688. The van der Waals surface area contributed by atoms with Gasteiger partial charge in [-0.15, -0.1) is 0 Å². The van der Waals surface area contributed by atoms with Gasteiger partial charge in [-0.3, -0.25) is 0 Å². The molecule has 0 unspecified atom stereocenters. The van der Waals surface area contributed by atoms with Gasteiger partial charge in [-0.05, 0) is 43.5 Å². The monoisotopic (exact) mass is 640 g/mol. The average molecular weight is 641 g/mol. The number of aromatic nitrogens is 6. The highest BCUT2D eigenvalue weighted by Gasteiger charge is 2.21. The fraction of sp³-hybridized carbons (Fsp3) is 0.122. The number of fused-ring (bicyclic) bond motifs is 2. The SMILES string of the molecule is Cc1cc(-c2ccccc2)c2c(-c3ccccc3)nc(NCCCNc3nc(-c4ccccc4)c4c(-c5ccccc5)cc(C)nn34)n2n1. The molecule has 0 amide bonds. The van der Waals surface area contributed by atoms with Crippen LogP contribution in [0.1, 0.15) is 17.8 Å². The van der Waals surface area contributed by atoms with Crippen molar-refractivity contribution in [1.82, 2.24) is 29.2 Å². The summed E-state index contributed by atoms with van der Waals surface area (Å²) < 4.78 is 3.92. The third kappa shape index (κ3) is 5.89. The lowest BCUT2D eigenvalue weighted by Crippen LogP contribution is -2.13. The first-order chi connectivity index (χ1) is 24.1. The highest BCUT2D eigenvalue weighted by atomic mass is 15.3. The predicted octanol–water partition coefficient (Wildman–Crippen LogP) is 8.97. The Bertz CT molecular complexity index is 2200. The summed E-state index contributed by atoms with van der Waals surface area (Å²) in [5.41, 5.74) is 12.2. The summed E-state index contributed by atoms with van der Waals surface area (Å²) >= 11 is 0. The molecule has 0 atom stereocenters. The first kappa shape index (κ1) is 30.1. The number of hydrogen-bond acceptors (Lipinski definition) is 6. The van der Waals surface area contributed by atoms with Crippen LogP contribution in [0.15, 0.2) is 133 Å². The fourth-order valence-corrected chi connectivity index (χ4v) is 6.42. The van der Waals surface area contributed by atoms with E-state index >= 15 is 0 Å². The first-order valence-electron chi connectivity index (χ1n) is 16.6. The summed E-state index contributed by atoms with van der Waals surface area (Å²) in [6.45, 7) is 5.43. The highest BCUT2D eigenvalue weighted by molar-refractivity contribution is 5.93. The summed E-state index contributed by atoms with van der Waals surface area (Å²) in [5, 5.41) is 17.0. The second-order valence-corrected chi connectivity index (χ2v) is 12.2. The van der Waals surface area contributed by atoms with Gasteiger partial charge in [0.1, 0.15) is 22.4 Å². The number of hydrogen-bond donors (Lipinski definition) is 2. The molecule has 8 aromatic rings. The lowest BCUT2D eigenvalue weighted by molar-refractivity contribution is 0.838. The molecule has 2 N–H and O–H groups in total. The maximum absolute atomic E-state index is 5.11. The minimum Gasteiger partial charge on any atom is -0.354 e. The molecule has 4 heterocycles. The van der Waals surface area contributed by atoms with Gasteiger partial charge in [-0.25, -0.2) is 9.97 Å². The quantitative estimate of drug-likeness (QED) is 0.145. The van der Waals surface area contributed by atoms with Gasteiger partial charge < -0.3 is 10.6 Å². The van der Waals surface area contributed by atoms with E-state index in [-0.39, 0.29) is 0 Å². The van der Waals surface area contributed by atoms with E-state index in [0.717, 1.165) is 85.5 Å². The predicted molar refractivity (Wildman–Crippen MR) is 199 cm³/mol. The van der Waals surface area contributed by atoms with E-state index in [2.05, 4.69) is 95.6 Å². The fourth-order valence-electron chi connectivity index (χ4n) is 6.42. The van der Waals surface area contributed by atoms with Gasteiger partial charge >= 0.3 is 0 Å². The van der Waals surface area contributed by atoms with Crippen molar-refractivity contribution in [1.29, 1.82) is 0 Å². The van der Waals surface area contributed by atoms with Crippen LogP contribution in [0.2, 0.25) is 0 Å². The van der Waals surface area contributed by atoms with E-state index in [9.17, 15) is 0 Å². The summed E-state index contributed by atoms with van der Waals surface area (Å²) in [4.78, 5) is 10.2. The highest BCUT2D eigenvalue weighted by Crippen LogP contribution is 2.36. The zero-order valence-corrected chi connectivity index (χ0v) is 27.5. The molecule has 8 nitrogen and oxygen atoms in total. The molecular formula is C41H36N8. The Morgan fingerprint density at radius 1 is 0.469 bits per heavy atom. The van der Waals surface area contributed by atoms with Crippen molar-refractivity contribution >= 4 is 22.9 Å². The van der Waals surface area contributed by atoms with Crippen molar-refractivity contribution in [2.24, 2.45) is 0 Å². The first-order valence-corrected chi connectivity index (χ1v) is 16.6. The number of rotatable bonds is 10. The molecule has 0 bridgehead atoms. The Balaban J connectivity index is 1.08. The molecule has 0 spiro atoms. The Morgan fingerprint density at radius 2 is 0.816 bits per heavy atom. The summed E-state index contributed by atoms with van der Waals surface area (Å²) in [5.74, 6) is 1.44. The van der Waals surface area contributed by atoms with E-state index in [1.807, 2.05) is 71.4 Å². The van der Waals surface area contributed by atoms with Gasteiger partial charge in [0.25, 0.3) is 0 Å². The van der Waals surface area contributed by atoms with Gasteiger partial charge in [0, 0.05) is 35.3 Å². The molecule has 0 saturated heterocycles. The second kappa shape index (κ2) is 13.1. The van der Waals surface area contributed by atoms with Gasteiger partial charge in [-0.2, -0.15) is 19.2 Å². The van der Waals surface area contributed by atoms with Gasteiger partial charge in [0.05, 0.1) is 11.4 Å². The number of anilines is 2. The molecule has 4 aromatic carbocycles. The molecule has 0 fully saturated rings. The van der Waals surface area contributed by atoms with Crippen molar-refractivity contribution < 1.29 is 0 Å². The van der Waals surface area contributed by atoms with E-state index in [1.165, 1.54) is 0 Å². The van der Waals surface area contributed by atoms with Crippen molar-refractivity contribution in [2.45, 2.75) is 20.3 Å². The zero-order chi connectivity index (χ0) is 33.2. The van der Waals surface area contributed by atoms with Crippen LogP contribution in [0.25, 0.3) is 55.8 Å². The lowest BCUT2D eigenvalue weighted by Gasteiger charge is -2.10. The normalized spacial score (nSPS) is 11.3. The Kier molecular flexibility index (Phi) is 8.03. The number of aryl methyl sites for hydroxylation is 2. The number of benzene rings is 4. The summed E-state index contributed by atoms with van der Waals surface area (Å²) in [7, 11) is 0. The van der Waals surface area contributed by atoms with Gasteiger partial charge in [-0.1, -0.05) is 121 Å². The number of imidazole rings is 2. The summed E-state index contributed by atoms with van der Waals surface area (Å²) in [6.07, 6.45) is 0.819. The largest absolute Gasteiger partial charge is 0.354 e. The van der Waals surface area contributed by atoms with Crippen LogP contribution in [-0.4, -0.2) is 42.3 Å². The molecule has 49 heavy (non-hydrogen) atoms. The topological polar surface area (TPSA) is 84.4 Å². The molecule has 8 heteroatoms. The molecule has 0 aliphatic carbocycles. The molecule has 8 rings (SSSR count). The standard InChI is InChI=1S/C41H36N8/c1-28-26-34(30-16-7-3-8-17-30)38-36(32-20-11-5-12-21-32)44-40(48(38)46-28)42-24-15-25-43-41-45-37(33-22-13-6-14-23-33)39-35(27-29(2)47-49(39)41)31-18-9-4-10-19-31/h3-14,16-23,26-27H,15,24-25H2,1-2H3,(H,42,44)(H,43,45). The smallest absolute Gasteiger partial charge is 0.225 e. The van der Waals surface area contributed by atoms with Crippen molar-refractivity contribution in [3.05, 3.63) is 145 Å². The van der Waals surface area contributed by atoms with Crippen LogP contribution in [0, 0.1) is 13.8 Å². The van der Waals surface area contributed by atoms with E-state index < -0.39 is 0 Å². The number of nitrogens with zero attached hydrogens (tertiary/aromatic N) is 6. The Morgan fingerprint density at radius 3 is 1.18 bits per heavy atom. The van der Waals surface area contributed by atoms with Crippen LogP contribution in [-0.2, 0) is 0 Å². The van der Waals surface area contributed by atoms with Crippen LogP contribution in [0.5, 0.6) is 0 Å². The molecule has 240 valence electrons. The van der Waals surface area contributed by atoms with Gasteiger partial charge in [0.15, 0.2) is 0 Å². The second-order valence-electron chi connectivity index (χ2n) is 12.2. The van der Waals surface area contributed by atoms with Crippen molar-refractivity contribution in [2.75, 3.05) is 23.7 Å². The molecule has 0 saturated carbocycles. The average Bonchev–Trinajstić information content (AvgIpc) is 3.70. The third-order valence-electron chi connectivity index (χ3n) is 8.62.